The molecule has 0 bridgehead atoms. The Labute approximate surface area is 290 Å². The maximum Gasteiger partial charge on any atom is 0.149 e. The molecule has 4 nitrogen and oxygen atoms in total. The van der Waals surface area contributed by atoms with E-state index in [0.29, 0.717) is 11.4 Å². The highest BCUT2D eigenvalue weighted by atomic mass is 19.1. The SMILES string of the molecule is Cc1cc(-c2cc(-c3cccc4c3nc(-c3cc(F)ccc3O)n4-c3ccccc3)ccc2C(C)c2ccccc2)ncc1-c1ccccc1. The van der Waals surface area contributed by atoms with Gasteiger partial charge in [-0.25, -0.2) is 9.37 Å². The fourth-order valence-electron chi connectivity index (χ4n) is 6.91. The molecular weight excluding hydrogens is 618 g/mol. The summed E-state index contributed by atoms with van der Waals surface area (Å²) in [6, 6.07) is 49.5. The topological polar surface area (TPSA) is 50.9 Å². The Kier molecular flexibility index (Phi) is 8.01. The second kappa shape index (κ2) is 12.9. The van der Waals surface area contributed by atoms with Gasteiger partial charge < -0.3 is 5.11 Å². The fourth-order valence-corrected chi connectivity index (χ4v) is 6.91. The van der Waals surface area contributed by atoms with Crippen LogP contribution in [-0.2, 0) is 0 Å². The number of pyridine rings is 1. The quantitative estimate of drug-likeness (QED) is 0.187. The summed E-state index contributed by atoms with van der Waals surface area (Å²) in [5.41, 5.74) is 12.4. The van der Waals surface area contributed by atoms with Crippen LogP contribution in [0.4, 0.5) is 4.39 Å². The van der Waals surface area contributed by atoms with Crippen LogP contribution in [0, 0.1) is 12.7 Å². The molecule has 8 aromatic rings. The standard InChI is InChI=1S/C45H34FN3O/c1-29-25-41(47-28-40(29)32-15-8-4-9-16-32)38-26-33(21-23-36(38)30(2)31-13-6-3-7-14-31)37-19-12-20-42-44(37)48-45(39-27-34(46)22-24-43(39)50)49(42)35-17-10-5-11-18-35/h3-28,30,50H,1-2H3. The van der Waals surface area contributed by atoms with Crippen molar-refractivity contribution < 1.29 is 9.50 Å². The largest absolute Gasteiger partial charge is 0.507 e. The predicted octanol–water partition coefficient (Wildman–Crippen LogP) is 11.4. The molecule has 0 amide bonds. The third kappa shape index (κ3) is 5.63. The summed E-state index contributed by atoms with van der Waals surface area (Å²) in [6.45, 7) is 4.37. The van der Waals surface area contributed by atoms with Crippen LogP contribution >= 0.6 is 0 Å². The minimum absolute atomic E-state index is 0.0395. The van der Waals surface area contributed by atoms with Gasteiger partial charge in [0.15, 0.2) is 0 Å². The van der Waals surface area contributed by atoms with Crippen molar-refractivity contribution in [3.63, 3.8) is 0 Å². The van der Waals surface area contributed by atoms with Gasteiger partial charge in [-0.3, -0.25) is 9.55 Å². The summed E-state index contributed by atoms with van der Waals surface area (Å²) in [7, 11) is 0. The number of aromatic nitrogens is 3. The van der Waals surface area contributed by atoms with Crippen molar-refractivity contribution in [2.75, 3.05) is 0 Å². The summed E-state index contributed by atoms with van der Waals surface area (Å²) in [4.78, 5) is 10.2. The highest BCUT2D eigenvalue weighted by Gasteiger charge is 2.22. The molecule has 0 radical (unpaired) electrons. The molecule has 8 rings (SSSR count). The third-order valence-corrected chi connectivity index (χ3v) is 9.50. The first-order valence-electron chi connectivity index (χ1n) is 16.7. The summed E-state index contributed by atoms with van der Waals surface area (Å²) in [5.74, 6) is 0.0895. The minimum atomic E-state index is -0.446. The Balaban J connectivity index is 1.34. The van der Waals surface area contributed by atoms with Gasteiger partial charge in [-0.05, 0) is 83.3 Å². The number of aromatic hydroxyl groups is 1. The number of aryl methyl sites for hydroxylation is 1. The van der Waals surface area contributed by atoms with E-state index in [-0.39, 0.29) is 11.7 Å². The van der Waals surface area contributed by atoms with Crippen LogP contribution in [0.1, 0.15) is 29.5 Å². The van der Waals surface area contributed by atoms with E-state index in [1.165, 1.54) is 29.3 Å². The van der Waals surface area contributed by atoms with Crippen LogP contribution in [0.25, 0.3) is 61.6 Å². The van der Waals surface area contributed by atoms with Crippen LogP contribution in [0.3, 0.4) is 0 Å². The number of imidazole rings is 1. The summed E-state index contributed by atoms with van der Waals surface area (Å²) in [5, 5.41) is 10.9. The maximum absolute atomic E-state index is 14.6. The monoisotopic (exact) mass is 651 g/mol. The van der Waals surface area contributed by atoms with Crippen LogP contribution < -0.4 is 0 Å². The van der Waals surface area contributed by atoms with Gasteiger partial charge in [-0.1, -0.05) is 110 Å². The van der Waals surface area contributed by atoms with Gasteiger partial charge in [-0.2, -0.15) is 0 Å². The zero-order valence-electron chi connectivity index (χ0n) is 27.8. The maximum atomic E-state index is 14.6. The van der Waals surface area contributed by atoms with Gasteiger partial charge in [0.2, 0.25) is 0 Å². The molecular formula is C45H34FN3O. The molecule has 0 aliphatic heterocycles. The minimum Gasteiger partial charge on any atom is -0.507 e. The molecule has 242 valence electrons. The summed E-state index contributed by atoms with van der Waals surface area (Å²) < 4.78 is 16.6. The lowest BCUT2D eigenvalue weighted by atomic mass is 9.86. The number of hydrogen-bond donors (Lipinski definition) is 1. The van der Waals surface area contributed by atoms with Crippen LogP contribution in [0.2, 0.25) is 0 Å². The van der Waals surface area contributed by atoms with E-state index in [9.17, 15) is 9.50 Å². The van der Waals surface area contributed by atoms with E-state index in [1.54, 1.807) is 0 Å². The van der Waals surface area contributed by atoms with Gasteiger partial charge in [0, 0.05) is 34.5 Å². The first-order chi connectivity index (χ1) is 24.5. The van der Waals surface area contributed by atoms with Gasteiger partial charge in [0.25, 0.3) is 0 Å². The molecule has 5 heteroatoms. The van der Waals surface area contributed by atoms with Crippen molar-refractivity contribution in [3.8, 4) is 56.3 Å². The molecule has 0 fully saturated rings. The van der Waals surface area contributed by atoms with E-state index in [0.717, 1.165) is 55.8 Å². The lowest BCUT2D eigenvalue weighted by molar-refractivity contribution is 0.474. The van der Waals surface area contributed by atoms with Crippen molar-refractivity contribution in [2.45, 2.75) is 19.8 Å². The van der Waals surface area contributed by atoms with E-state index in [1.807, 2.05) is 77.5 Å². The first-order valence-corrected chi connectivity index (χ1v) is 16.7. The second-order valence-corrected chi connectivity index (χ2v) is 12.6. The van der Waals surface area contributed by atoms with Gasteiger partial charge >= 0.3 is 0 Å². The number of nitrogens with zero attached hydrogens (tertiary/aromatic N) is 3. The van der Waals surface area contributed by atoms with Crippen LogP contribution in [-0.4, -0.2) is 19.6 Å². The van der Waals surface area contributed by atoms with E-state index in [2.05, 4.69) is 80.6 Å². The van der Waals surface area contributed by atoms with Crippen molar-refractivity contribution in [1.82, 2.24) is 14.5 Å². The summed E-state index contributed by atoms with van der Waals surface area (Å²) >= 11 is 0. The average Bonchev–Trinajstić information content (AvgIpc) is 3.56. The lowest BCUT2D eigenvalue weighted by Crippen LogP contribution is -2.01. The normalized spacial score (nSPS) is 11.9. The van der Waals surface area contributed by atoms with Crippen LogP contribution in [0.5, 0.6) is 5.75 Å². The number of phenolic OH excluding ortho intramolecular Hbond substituents is 1. The Morgan fingerprint density at radius 1 is 0.640 bits per heavy atom. The summed E-state index contributed by atoms with van der Waals surface area (Å²) in [6.07, 6.45) is 1.98. The van der Waals surface area contributed by atoms with Crippen molar-refractivity contribution in [1.29, 1.82) is 0 Å². The Morgan fingerprint density at radius 3 is 2.10 bits per heavy atom. The van der Waals surface area contributed by atoms with Crippen molar-refractivity contribution in [3.05, 3.63) is 180 Å². The number of hydrogen-bond acceptors (Lipinski definition) is 3. The van der Waals surface area contributed by atoms with Crippen molar-refractivity contribution >= 4 is 11.0 Å². The first kappa shape index (κ1) is 31.0. The number of benzene rings is 6. The molecule has 1 N–H and O–H groups in total. The Hall–Kier alpha value is -6.33. The highest BCUT2D eigenvalue weighted by molar-refractivity contribution is 5.96. The highest BCUT2D eigenvalue weighted by Crippen LogP contribution is 2.41. The predicted molar refractivity (Wildman–Crippen MR) is 201 cm³/mol. The zero-order chi connectivity index (χ0) is 34.2. The molecule has 2 aromatic heterocycles. The van der Waals surface area contributed by atoms with E-state index >= 15 is 0 Å². The van der Waals surface area contributed by atoms with Gasteiger partial charge in [-0.15, -0.1) is 0 Å². The van der Waals surface area contributed by atoms with Gasteiger partial charge in [0.1, 0.15) is 17.4 Å². The molecule has 50 heavy (non-hydrogen) atoms. The molecule has 6 aromatic carbocycles. The molecule has 0 aliphatic carbocycles. The number of fused-ring (bicyclic) bond motifs is 1. The van der Waals surface area contributed by atoms with Gasteiger partial charge in [0.05, 0.1) is 22.3 Å². The molecule has 0 aliphatic rings. The molecule has 0 spiro atoms. The molecule has 2 heterocycles. The molecule has 0 saturated heterocycles. The Bertz CT molecular complexity index is 2470. The fraction of sp³-hybridized carbons (Fsp3) is 0.0667. The van der Waals surface area contributed by atoms with E-state index < -0.39 is 5.82 Å². The van der Waals surface area contributed by atoms with Crippen molar-refractivity contribution in [2.24, 2.45) is 0 Å². The van der Waals surface area contributed by atoms with Crippen LogP contribution in [0.15, 0.2) is 158 Å². The lowest BCUT2D eigenvalue weighted by Gasteiger charge is -2.19. The zero-order valence-corrected chi connectivity index (χ0v) is 27.8. The molecule has 1 unspecified atom stereocenters. The van der Waals surface area contributed by atoms with E-state index in [4.69, 9.17) is 9.97 Å². The third-order valence-electron chi connectivity index (χ3n) is 9.50. The second-order valence-electron chi connectivity index (χ2n) is 12.6. The molecule has 0 saturated carbocycles. The average molecular weight is 652 g/mol. The number of phenols is 1. The smallest absolute Gasteiger partial charge is 0.149 e. The number of halogens is 1. The number of para-hydroxylation sites is 2. The number of rotatable bonds is 7. The molecule has 1 atom stereocenters. The Morgan fingerprint density at radius 2 is 1.36 bits per heavy atom.